The fourth-order valence-corrected chi connectivity index (χ4v) is 4.65. The van der Waals surface area contributed by atoms with Gasteiger partial charge in [-0.15, -0.1) is 0 Å². The Kier molecular flexibility index (Phi) is 6.71. The number of aryl methyl sites for hydroxylation is 2. The van der Waals surface area contributed by atoms with Crippen LogP contribution in [0.4, 0.5) is 13.2 Å². The number of hydrogen-bond donors (Lipinski definition) is 1. The van der Waals surface area contributed by atoms with Gasteiger partial charge in [0.1, 0.15) is 0 Å². The number of carbonyl (C=O) groups is 2. The highest BCUT2D eigenvalue weighted by molar-refractivity contribution is 7.90. The molecule has 3 aromatic rings. The first-order chi connectivity index (χ1) is 16.9. The number of rotatable bonds is 6. The monoisotopic (exact) mass is 522 g/mol. The van der Waals surface area contributed by atoms with Crippen molar-refractivity contribution in [1.29, 1.82) is 0 Å². The van der Waals surface area contributed by atoms with E-state index in [0.29, 0.717) is 40.9 Å². The normalized spacial score (nSPS) is 13.1. The number of hydrogen-bond acceptors (Lipinski definition) is 8. The van der Waals surface area contributed by atoms with E-state index in [4.69, 9.17) is 5.73 Å². The molecule has 0 atom stereocenters. The molecule has 0 amide bonds. The second kappa shape index (κ2) is 9.47. The Labute approximate surface area is 204 Å². The van der Waals surface area contributed by atoms with E-state index >= 15 is 0 Å². The standard InChI is InChI=1S/C23H21F3N4O5S/c1-36(33,34)15-5-2-4-13(10-15)18-11-17-14(12-28-18)6-7-16-19(17)29-30(9-3-8-27)20(16)21(31)35-22(32)23(24,25)26/h2,4-5,10-12H,3,6-9,27H2,1H3. The van der Waals surface area contributed by atoms with Crippen molar-refractivity contribution in [2.24, 2.45) is 5.73 Å². The third-order valence-corrected chi connectivity index (χ3v) is 6.79. The molecule has 4 rings (SSSR count). The number of carbonyl (C=O) groups excluding carboxylic acids is 2. The lowest BCUT2D eigenvalue weighted by Crippen LogP contribution is -2.29. The molecule has 0 saturated heterocycles. The summed E-state index contributed by atoms with van der Waals surface area (Å²) in [4.78, 5) is 28.5. The molecule has 2 heterocycles. The van der Waals surface area contributed by atoms with Crippen molar-refractivity contribution in [1.82, 2.24) is 14.8 Å². The molecule has 13 heteroatoms. The molecule has 190 valence electrons. The van der Waals surface area contributed by atoms with E-state index in [2.05, 4.69) is 14.8 Å². The summed E-state index contributed by atoms with van der Waals surface area (Å²) >= 11 is 0. The summed E-state index contributed by atoms with van der Waals surface area (Å²) in [6, 6.07) is 7.92. The largest absolute Gasteiger partial charge is 0.491 e. The van der Waals surface area contributed by atoms with Crippen molar-refractivity contribution in [3.05, 3.63) is 53.3 Å². The molecule has 0 unspecified atom stereocenters. The number of halogens is 3. The number of alkyl halides is 3. The molecule has 9 nitrogen and oxygen atoms in total. The van der Waals surface area contributed by atoms with Crippen LogP contribution >= 0.6 is 0 Å². The van der Waals surface area contributed by atoms with Crippen molar-refractivity contribution in [2.75, 3.05) is 12.8 Å². The van der Waals surface area contributed by atoms with Gasteiger partial charge < -0.3 is 10.5 Å². The molecule has 1 aromatic carbocycles. The van der Waals surface area contributed by atoms with E-state index in [1.165, 1.54) is 16.8 Å². The van der Waals surface area contributed by atoms with Crippen LogP contribution < -0.4 is 5.73 Å². The van der Waals surface area contributed by atoms with Gasteiger partial charge in [-0.1, -0.05) is 12.1 Å². The first-order valence-corrected chi connectivity index (χ1v) is 12.7. The lowest BCUT2D eigenvalue weighted by molar-refractivity contribution is -0.193. The first kappa shape index (κ1) is 25.5. The van der Waals surface area contributed by atoms with Crippen molar-refractivity contribution < 1.29 is 35.9 Å². The Morgan fingerprint density at radius 1 is 1.19 bits per heavy atom. The smallest absolute Gasteiger partial charge is 0.381 e. The van der Waals surface area contributed by atoms with Gasteiger partial charge >= 0.3 is 18.1 Å². The zero-order valence-corrected chi connectivity index (χ0v) is 19.8. The van der Waals surface area contributed by atoms with Crippen molar-refractivity contribution in [3.8, 4) is 22.5 Å². The Morgan fingerprint density at radius 2 is 1.94 bits per heavy atom. The van der Waals surface area contributed by atoms with E-state index in [9.17, 15) is 31.2 Å². The highest BCUT2D eigenvalue weighted by atomic mass is 32.2. The number of nitrogens with zero attached hydrogens (tertiary/aromatic N) is 3. The number of ether oxygens (including phenoxy) is 1. The molecule has 36 heavy (non-hydrogen) atoms. The maximum Gasteiger partial charge on any atom is 0.491 e. The molecular weight excluding hydrogens is 501 g/mol. The molecule has 2 N–H and O–H groups in total. The molecule has 0 radical (unpaired) electrons. The molecule has 2 aromatic heterocycles. The second-order valence-electron chi connectivity index (χ2n) is 8.24. The summed E-state index contributed by atoms with van der Waals surface area (Å²) in [6.45, 7) is 0.361. The van der Waals surface area contributed by atoms with Crippen LogP contribution in [0.15, 0.2) is 41.4 Å². The van der Waals surface area contributed by atoms with Gasteiger partial charge in [0.25, 0.3) is 0 Å². The third-order valence-electron chi connectivity index (χ3n) is 5.68. The molecular formula is C23H21F3N4O5S. The minimum absolute atomic E-state index is 0.116. The van der Waals surface area contributed by atoms with Gasteiger partial charge in [0.05, 0.1) is 16.3 Å². The summed E-state index contributed by atoms with van der Waals surface area (Å²) in [5, 5.41) is 4.46. The maximum absolute atomic E-state index is 12.7. The molecule has 0 bridgehead atoms. The average Bonchev–Trinajstić information content (AvgIpc) is 3.20. The van der Waals surface area contributed by atoms with Crippen LogP contribution in [0.1, 0.15) is 28.0 Å². The molecule has 0 saturated carbocycles. The summed E-state index contributed by atoms with van der Waals surface area (Å²) in [5.41, 5.74) is 8.38. The predicted octanol–water partition coefficient (Wildman–Crippen LogP) is 2.71. The number of pyridine rings is 1. The van der Waals surface area contributed by atoms with Gasteiger partial charge in [0.2, 0.25) is 0 Å². The Morgan fingerprint density at radius 3 is 2.61 bits per heavy atom. The minimum atomic E-state index is -5.33. The Hall–Kier alpha value is -3.58. The van der Waals surface area contributed by atoms with E-state index in [0.717, 1.165) is 11.8 Å². The zero-order valence-electron chi connectivity index (χ0n) is 19.0. The fourth-order valence-electron chi connectivity index (χ4n) is 3.98. The Balaban J connectivity index is 1.80. The van der Waals surface area contributed by atoms with E-state index in [1.54, 1.807) is 24.4 Å². The lowest BCUT2D eigenvalue weighted by atomic mass is 9.89. The highest BCUT2D eigenvalue weighted by Gasteiger charge is 2.43. The summed E-state index contributed by atoms with van der Waals surface area (Å²) in [6.07, 6.45) is -1.57. The summed E-state index contributed by atoms with van der Waals surface area (Å²) in [7, 11) is -3.45. The van der Waals surface area contributed by atoms with Crippen LogP contribution in [0.25, 0.3) is 22.5 Å². The van der Waals surface area contributed by atoms with E-state index < -0.39 is 28.0 Å². The quantitative estimate of drug-likeness (QED) is 0.386. The van der Waals surface area contributed by atoms with Gasteiger partial charge in [0.15, 0.2) is 15.5 Å². The summed E-state index contributed by atoms with van der Waals surface area (Å²) < 4.78 is 67.3. The number of benzene rings is 1. The zero-order chi connectivity index (χ0) is 26.3. The molecule has 0 spiro atoms. The molecule has 0 fully saturated rings. The number of aromatic nitrogens is 3. The van der Waals surface area contributed by atoms with Crippen molar-refractivity contribution in [3.63, 3.8) is 0 Å². The lowest BCUT2D eigenvalue weighted by Gasteiger charge is -2.17. The number of esters is 2. The highest BCUT2D eigenvalue weighted by Crippen LogP contribution is 2.37. The third kappa shape index (κ3) is 5.02. The van der Waals surface area contributed by atoms with Crippen LogP contribution in [0.5, 0.6) is 0 Å². The first-order valence-electron chi connectivity index (χ1n) is 10.8. The second-order valence-corrected chi connectivity index (χ2v) is 10.3. The number of fused-ring (bicyclic) bond motifs is 3. The van der Waals surface area contributed by atoms with Gasteiger partial charge in [-0.2, -0.15) is 18.3 Å². The average molecular weight is 523 g/mol. The van der Waals surface area contributed by atoms with Crippen molar-refractivity contribution in [2.45, 2.75) is 36.9 Å². The van der Waals surface area contributed by atoms with Crippen LogP contribution in [0.3, 0.4) is 0 Å². The van der Waals surface area contributed by atoms with Crippen LogP contribution in [-0.4, -0.2) is 54.1 Å². The van der Waals surface area contributed by atoms with Crippen molar-refractivity contribution >= 4 is 21.8 Å². The molecule has 0 aliphatic heterocycles. The maximum atomic E-state index is 12.7. The number of sulfone groups is 1. The van der Waals surface area contributed by atoms with Crippen LogP contribution in [-0.2, 0) is 38.8 Å². The topological polar surface area (TPSA) is 134 Å². The number of nitrogens with two attached hydrogens (primary N) is 1. The minimum Gasteiger partial charge on any atom is -0.381 e. The Bertz CT molecular complexity index is 1460. The van der Waals surface area contributed by atoms with Gasteiger partial charge in [-0.25, -0.2) is 18.0 Å². The SMILES string of the molecule is CS(=O)(=O)c1cccc(-c2cc3c(cn2)CCc2c-3nn(CCCN)c2C(=O)OC(=O)C(F)(F)F)c1. The predicted molar refractivity (Wildman–Crippen MR) is 122 cm³/mol. The van der Waals surface area contributed by atoms with Crippen LogP contribution in [0.2, 0.25) is 0 Å². The molecule has 1 aliphatic carbocycles. The van der Waals surface area contributed by atoms with Gasteiger partial charge in [-0.05, 0) is 49.6 Å². The van der Waals surface area contributed by atoms with Crippen LogP contribution in [0, 0.1) is 0 Å². The van der Waals surface area contributed by atoms with Gasteiger partial charge in [0, 0.05) is 35.7 Å². The molecule has 1 aliphatic rings. The summed E-state index contributed by atoms with van der Waals surface area (Å²) in [5.74, 6) is -4.05. The fraction of sp³-hybridized carbons (Fsp3) is 0.304. The van der Waals surface area contributed by atoms with E-state index in [-0.39, 0.29) is 30.1 Å². The van der Waals surface area contributed by atoms with E-state index in [1.807, 2.05) is 0 Å². The van der Waals surface area contributed by atoms with Gasteiger partial charge in [-0.3, -0.25) is 9.67 Å².